The van der Waals surface area contributed by atoms with Gasteiger partial charge in [-0.15, -0.1) is 0 Å². The second kappa shape index (κ2) is 11.4. The number of ether oxygens (including phenoxy) is 1. The summed E-state index contributed by atoms with van der Waals surface area (Å²) in [6.45, 7) is 9.35. The van der Waals surface area contributed by atoms with Crippen LogP contribution in [0.3, 0.4) is 0 Å². The van der Waals surface area contributed by atoms with Crippen LogP contribution in [0, 0.1) is 13.8 Å². The molecular weight excluding hydrogens is 723 g/mol. The summed E-state index contributed by atoms with van der Waals surface area (Å²) in [4.78, 5) is 2.57. The van der Waals surface area contributed by atoms with Crippen molar-refractivity contribution in [3.8, 4) is 34.0 Å². The second-order valence-electron chi connectivity index (χ2n) is 17.0. The highest BCUT2D eigenvalue weighted by atomic mass is 32.2. The third kappa shape index (κ3) is 4.12. The Labute approximate surface area is 341 Å². The van der Waals surface area contributed by atoms with Crippen molar-refractivity contribution in [3.63, 3.8) is 0 Å². The van der Waals surface area contributed by atoms with Gasteiger partial charge in [0.25, 0.3) is 6.71 Å². The van der Waals surface area contributed by atoms with Crippen LogP contribution in [-0.4, -0.2) is 15.8 Å². The van der Waals surface area contributed by atoms with E-state index in [-0.39, 0.29) is 12.1 Å². The first-order chi connectivity index (χ1) is 28.4. The maximum absolute atomic E-state index is 7.03. The number of benzene rings is 8. The molecule has 3 aliphatic rings. The summed E-state index contributed by atoms with van der Waals surface area (Å²) in [5, 5.41) is 5.12. The summed E-state index contributed by atoms with van der Waals surface area (Å²) in [6.07, 6.45) is 0. The molecule has 0 unspecified atom stereocenters. The number of rotatable bonds is 2. The molecule has 5 heteroatoms. The minimum Gasteiger partial charge on any atom is -0.458 e. The largest absolute Gasteiger partial charge is 0.458 e. The van der Waals surface area contributed by atoms with Crippen molar-refractivity contribution in [2.45, 2.75) is 42.9 Å². The van der Waals surface area contributed by atoms with Crippen molar-refractivity contribution in [2.24, 2.45) is 0 Å². The third-order valence-corrected chi connectivity index (χ3v) is 14.4. The van der Waals surface area contributed by atoms with Crippen LogP contribution < -0.4 is 21.1 Å². The molecule has 13 rings (SSSR count). The fourth-order valence-electron chi connectivity index (χ4n) is 10.9. The van der Waals surface area contributed by atoms with Gasteiger partial charge in [-0.2, -0.15) is 0 Å². The number of nitrogens with zero attached hydrogens (tertiary/aromatic N) is 2. The Hall–Kier alpha value is -6.43. The SMILES string of the molecule is Cc1ccc2c(c1)B1c3cc(C)ccc3Sc3cc(-n4c5ccccc5c5c6c(c7c(c8ccccc8n7-c7ccccc7)c54)-c4ccccc4C6(C)C)cc(c31)O2. The second-order valence-corrected chi connectivity index (χ2v) is 18.1. The number of fused-ring (bicyclic) bond motifs is 16. The summed E-state index contributed by atoms with van der Waals surface area (Å²) >= 11 is 1.88. The van der Waals surface area contributed by atoms with Crippen molar-refractivity contribution in [1.29, 1.82) is 0 Å². The number of para-hydroxylation sites is 3. The van der Waals surface area contributed by atoms with Gasteiger partial charge in [-0.25, -0.2) is 0 Å². The lowest BCUT2D eigenvalue weighted by atomic mass is 9.35. The first-order valence-corrected chi connectivity index (χ1v) is 21.1. The van der Waals surface area contributed by atoms with Gasteiger partial charge in [0, 0.05) is 54.1 Å². The van der Waals surface area contributed by atoms with Crippen LogP contribution >= 0.6 is 11.8 Å². The highest BCUT2D eigenvalue weighted by molar-refractivity contribution is 8.00. The van der Waals surface area contributed by atoms with Gasteiger partial charge in [-0.3, -0.25) is 0 Å². The fourth-order valence-corrected chi connectivity index (χ4v) is 12.1. The van der Waals surface area contributed by atoms with E-state index < -0.39 is 0 Å². The predicted octanol–water partition coefficient (Wildman–Crippen LogP) is 11.9. The Morgan fingerprint density at radius 2 is 1.21 bits per heavy atom. The molecule has 0 bridgehead atoms. The van der Waals surface area contributed by atoms with E-state index in [0.717, 1.165) is 22.9 Å². The lowest BCUT2D eigenvalue weighted by molar-refractivity contribution is 0.486. The van der Waals surface area contributed by atoms with Crippen molar-refractivity contribution in [3.05, 3.63) is 174 Å². The standard InChI is InChI=1S/C53H37BN2OS/c1-30-22-24-42-38(26-30)54-39-27-31(2)23-25-44(39)58-45-29-33(28-43(57-42)50(45)54)56-40-20-12-9-17-35(40)47-49-46(34-16-8-11-19-37(34)53(49,3)4)51-48(52(47)56)36-18-10-13-21-41(36)55(51)32-14-6-5-7-15-32/h5-29H,1-4H3. The highest BCUT2D eigenvalue weighted by Crippen LogP contribution is 2.58. The summed E-state index contributed by atoms with van der Waals surface area (Å²) < 4.78 is 12.1. The molecular formula is C53H37BN2OS. The molecule has 3 nitrogen and oxygen atoms in total. The van der Waals surface area contributed by atoms with Crippen molar-refractivity contribution in [1.82, 2.24) is 9.13 Å². The lowest BCUT2D eigenvalue weighted by Crippen LogP contribution is -2.57. The monoisotopic (exact) mass is 760 g/mol. The molecule has 2 aromatic heterocycles. The van der Waals surface area contributed by atoms with Crippen LogP contribution in [0.4, 0.5) is 0 Å². The summed E-state index contributed by atoms with van der Waals surface area (Å²) in [5.74, 6) is 1.88. The van der Waals surface area contributed by atoms with Gasteiger partial charge >= 0.3 is 0 Å². The van der Waals surface area contributed by atoms with E-state index in [1.54, 1.807) is 0 Å². The molecule has 274 valence electrons. The first kappa shape index (κ1) is 32.6. The molecule has 4 heterocycles. The molecule has 0 fully saturated rings. The van der Waals surface area contributed by atoms with E-state index in [1.807, 2.05) is 11.8 Å². The molecule has 0 saturated heterocycles. The summed E-state index contributed by atoms with van der Waals surface area (Å²) in [7, 11) is 0. The zero-order chi connectivity index (χ0) is 38.6. The van der Waals surface area contributed by atoms with Gasteiger partial charge < -0.3 is 13.9 Å². The van der Waals surface area contributed by atoms with Crippen molar-refractivity contribution < 1.29 is 4.74 Å². The van der Waals surface area contributed by atoms with Crippen LogP contribution in [-0.2, 0) is 5.41 Å². The van der Waals surface area contributed by atoms with Crippen LogP contribution in [0.5, 0.6) is 11.5 Å². The number of hydrogen-bond donors (Lipinski definition) is 0. The molecule has 10 aromatic rings. The van der Waals surface area contributed by atoms with Crippen LogP contribution in [0.15, 0.2) is 161 Å². The Balaban J connectivity index is 1.22. The molecule has 0 amide bonds. The molecule has 1 aliphatic carbocycles. The van der Waals surface area contributed by atoms with Gasteiger partial charge in [0.15, 0.2) is 0 Å². The molecule has 0 saturated carbocycles. The smallest absolute Gasteiger partial charge is 0.253 e. The Morgan fingerprint density at radius 3 is 2.00 bits per heavy atom. The van der Waals surface area contributed by atoms with Gasteiger partial charge in [0.2, 0.25) is 0 Å². The number of hydrogen-bond acceptors (Lipinski definition) is 2. The normalized spacial score (nSPS) is 14.4. The Bertz CT molecular complexity index is 3390. The maximum atomic E-state index is 7.03. The summed E-state index contributed by atoms with van der Waals surface area (Å²) in [5.41, 5.74) is 18.8. The minimum absolute atomic E-state index is 0.107. The van der Waals surface area contributed by atoms with E-state index >= 15 is 0 Å². The van der Waals surface area contributed by atoms with E-state index in [9.17, 15) is 0 Å². The quantitative estimate of drug-likeness (QED) is 0.163. The van der Waals surface area contributed by atoms with Gasteiger partial charge in [-0.1, -0.05) is 145 Å². The molecule has 0 N–H and O–H groups in total. The third-order valence-electron chi connectivity index (χ3n) is 13.3. The van der Waals surface area contributed by atoms with Gasteiger partial charge in [0.05, 0.1) is 27.8 Å². The molecule has 0 radical (unpaired) electrons. The Kier molecular flexibility index (Phi) is 6.40. The fraction of sp³-hybridized carbons (Fsp3) is 0.0943. The van der Waals surface area contributed by atoms with Gasteiger partial charge in [-0.05, 0) is 83.9 Å². The van der Waals surface area contributed by atoms with Crippen LogP contribution in [0.2, 0.25) is 0 Å². The maximum Gasteiger partial charge on any atom is 0.253 e. The number of aryl methyl sites for hydroxylation is 2. The zero-order valence-electron chi connectivity index (χ0n) is 32.7. The van der Waals surface area contributed by atoms with Crippen LogP contribution in [0.25, 0.3) is 66.1 Å². The molecule has 2 aliphatic heterocycles. The molecule has 58 heavy (non-hydrogen) atoms. The van der Waals surface area contributed by atoms with Crippen molar-refractivity contribution in [2.75, 3.05) is 0 Å². The van der Waals surface area contributed by atoms with Crippen molar-refractivity contribution >= 4 is 78.5 Å². The average molecular weight is 761 g/mol. The molecule has 0 spiro atoms. The Morgan fingerprint density at radius 1 is 0.552 bits per heavy atom. The first-order valence-electron chi connectivity index (χ1n) is 20.3. The van der Waals surface area contributed by atoms with Crippen LogP contribution in [0.1, 0.15) is 36.1 Å². The average Bonchev–Trinajstić information content (AvgIpc) is 3.84. The zero-order valence-corrected chi connectivity index (χ0v) is 33.5. The lowest BCUT2D eigenvalue weighted by Gasteiger charge is -2.34. The van der Waals surface area contributed by atoms with Gasteiger partial charge in [0.1, 0.15) is 11.5 Å². The van der Waals surface area contributed by atoms with E-state index in [4.69, 9.17) is 4.74 Å². The highest BCUT2D eigenvalue weighted by Gasteiger charge is 2.43. The van der Waals surface area contributed by atoms with E-state index in [0.29, 0.717) is 0 Å². The number of aromatic nitrogens is 2. The topological polar surface area (TPSA) is 19.1 Å². The molecule has 0 atom stereocenters. The van der Waals surface area contributed by atoms with E-state index in [1.165, 1.54) is 103 Å². The summed E-state index contributed by atoms with van der Waals surface area (Å²) in [6, 6.07) is 56.5. The minimum atomic E-state index is -0.247. The van der Waals surface area contributed by atoms with E-state index in [2.05, 4.69) is 188 Å². The predicted molar refractivity (Wildman–Crippen MR) is 244 cm³/mol. The molecule has 8 aromatic carbocycles.